The predicted molar refractivity (Wildman–Crippen MR) is 286 cm³/mol. The molecule has 0 radical (unpaired) electrons. The Balaban J connectivity index is 0.873. The molecule has 0 saturated carbocycles. The van der Waals surface area contributed by atoms with Crippen LogP contribution in [0.3, 0.4) is 0 Å². The van der Waals surface area contributed by atoms with Crippen molar-refractivity contribution < 1.29 is 97.1 Å². The quantitative estimate of drug-likeness (QED) is 0.111. The maximum Gasteiger partial charge on any atom is 0.202 e. The molecular weight excluding hydrogens is 1060 g/mol. The monoisotopic (exact) mass is 1140 g/mol. The van der Waals surface area contributed by atoms with E-state index in [9.17, 15) is 40.2 Å². The average molecular weight is 1140 g/mol. The van der Waals surface area contributed by atoms with Crippen LogP contribution in [0.2, 0.25) is 0 Å². The number of fused-ring (bicyclic) bond motifs is 3. The molecule has 2 aromatic rings. The van der Waals surface area contributed by atoms with E-state index in [2.05, 4.69) is 0 Å². The van der Waals surface area contributed by atoms with Crippen molar-refractivity contribution in [1.29, 1.82) is 0 Å². The Bertz CT molecular complexity index is 2570. The van der Waals surface area contributed by atoms with Crippen molar-refractivity contribution in [3.8, 4) is 17.2 Å². The molecule has 23 atom stereocenters. The Labute approximate surface area is 474 Å². The summed E-state index contributed by atoms with van der Waals surface area (Å²) >= 11 is 0. The van der Waals surface area contributed by atoms with Crippen LogP contribution in [0.1, 0.15) is 174 Å². The number of rotatable bonds is 14. The Hall–Kier alpha value is -3.50. The number of carbonyl (C=O) groups is 2. The summed E-state index contributed by atoms with van der Waals surface area (Å²) < 4.78 is 77.5. The molecule has 6 N–H and O–H groups in total. The van der Waals surface area contributed by atoms with Crippen LogP contribution in [0.15, 0.2) is 18.2 Å². The van der Waals surface area contributed by atoms with Crippen molar-refractivity contribution in [2.75, 3.05) is 28.2 Å². The van der Waals surface area contributed by atoms with Crippen LogP contribution in [-0.4, -0.2) is 209 Å². The lowest BCUT2D eigenvalue weighted by Gasteiger charge is -2.49. The molecule has 10 rings (SSSR count). The van der Waals surface area contributed by atoms with E-state index in [0.717, 1.165) is 0 Å². The van der Waals surface area contributed by atoms with Crippen LogP contribution in [0.5, 0.6) is 17.2 Å². The molecule has 6 heterocycles. The lowest BCUT2D eigenvalue weighted by Crippen LogP contribution is -2.57. The van der Waals surface area contributed by atoms with Crippen molar-refractivity contribution in [3.05, 3.63) is 51.6 Å². The molecule has 0 bridgehead atoms. The van der Waals surface area contributed by atoms with Crippen molar-refractivity contribution in [2.45, 2.75) is 260 Å². The average Bonchev–Trinajstić information content (AvgIpc) is 3.50. The molecule has 22 nitrogen and oxygen atoms in total. The number of aromatic hydroxyl groups is 3. The summed E-state index contributed by atoms with van der Waals surface area (Å²) in [6, 6.07) is 3.41. The van der Waals surface area contributed by atoms with Gasteiger partial charge < -0.3 is 97.3 Å². The molecule has 0 amide bonds. The summed E-state index contributed by atoms with van der Waals surface area (Å²) in [6.45, 7) is 12.8. The first-order valence-electron chi connectivity index (χ1n) is 29.2. The highest BCUT2D eigenvalue weighted by atomic mass is 16.8. The summed E-state index contributed by atoms with van der Waals surface area (Å²) in [4.78, 5) is 32.9. The number of phenolic OH excluding ortho intramolecular Hbond substituents is 3. The van der Waals surface area contributed by atoms with Gasteiger partial charge in [0, 0.05) is 73.7 Å². The van der Waals surface area contributed by atoms with Crippen LogP contribution in [0.4, 0.5) is 0 Å². The van der Waals surface area contributed by atoms with Crippen molar-refractivity contribution >= 4 is 11.6 Å². The summed E-state index contributed by atoms with van der Waals surface area (Å²) in [6.07, 6.45) is -6.83. The number of nitrogens with zero attached hydrogens (tertiary/aromatic N) is 2. The highest BCUT2D eigenvalue weighted by molar-refractivity contribution is 6.31. The third-order valence-corrected chi connectivity index (χ3v) is 18.1. The van der Waals surface area contributed by atoms with E-state index in [1.807, 2.05) is 79.5 Å². The van der Waals surface area contributed by atoms with Crippen LogP contribution < -0.4 is 0 Å². The van der Waals surface area contributed by atoms with Crippen molar-refractivity contribution in [2.24, 2.45) is 0 Å². The number of benzene rings is 2. The van der Waals surface area contributed by atoms with Gasteiger partial charge in [-0.3, -0.25) is 9.59 Å². The van der Waals surface area contributed by atoms with Crippen LogP contribution >= 0.6 is 0 Å². The minimum atomic E-state index is -1.89. The number of likely N-dealkylation sites (N-methyl/N-ethyl adjacent to an activating group) is 2. The molecule has 22 heteroatoms. The second-order valence-corrected chi connectivity index (χ2v) is 24.5. The molecule has 0 spiro atoms. The highest BCUT2D eigenvalue weighted by Gasteiger charge is 2.54. The fourth-order valence-corrected chi connectivity index (χ4v) is 13.4. The molecule has 2 aromatic carbocycles. The number of hydrogen-bond acceptors (Lipinski definition) is 22. The first kappa shape index (κ1) is 60.6. The second-order valence-electron chi connectivity index (χ2n) is 24.5. The zero-order chi connectivity index (χ0) is 58.1. The topological polar surface area (TPSA) is 273 Å². The first-order chi connectivity index (χ1) is 38.4. The minimum absolute atomic E-state index is 0.0910. The molecule has 81 heavy (non-hydrogen) atoms. The maximum absolute atomic E-state index is 14.5. The molecule has 8 aliphatic rings. The van der Waals surface area contributed by atoms with Crippen molar-refractivity contribution in [3.63, 3.8) is 0 Å². The molecule has 452 valence electrons. The number of ketones is 2. The lowest BCUT2D eigenvalue weighted by molar-refractivity contribution is -0.323. The van der Waals surface area contributed by atoms with Gasteiger partial charge in [-0.15, -0.1) is 0 Å². The molecule has 6 fully saturated rings. The van der Waals surface area contributed by atoms with E-state index >= 15 is 0 Å². The molecule has 0 unspecified atom stereocenters. The van der Waals surface area contributed by atoms with E-state index in [1.165, 1.54) is 25.1 Å². The Kier molecular flexibility index (Phi) is 18.3. The van der Waals surface area contributed by atoms with Gasteiger partial charge in [0.05, 0.1) is 89.4 Å². The van der Waals surface area contributed by atoms with Gasteiger partial charge in [0.1, 0.15) is 35.6 Å². The number of phenols is 3. The van der Waals surface area contributed by atoms with E-state index in [-0.39, 0.29) is 90.2 Å². The smallest absolute Gasteiger partial charge is 0.202 e. The second kappa shape index (κ2) is 24.5. The molecule has 2 aliphatic carbocycles. The van der Waals surface area contributed by atoms with E-state index in [4.69, 9.17) is 56.8 Å². The van der Waals surface area contributed by atoms with Crippen LogP contribution in [0.25, 0.3) is 0 Å². The zero-order valence-corrected chi connectivity index (χ0v) is 48.5. The van der Waals surface area contributed by atoms with E-state index in [0.29, 0.717) is 51.4 Å². The Morgan fingerprint density at radius 2 is 0.938 bits per heavy atom. The third kappa shape index (κ3) is 12.3. The fourth-order valence-electron chi connectivity index (χ4n) is 13.4. The van der Waals surface area contributed by atoms with Crippen molar-refractivity contribution in [1.82, 2.24) is 9.80 Å². The Morgan fingerprint density at radius 3 is 1.42 bits per heavy atom. The highest BCUT2D eigenvalue weighted by Crippen LogP contribution is 2.57. The fraction of sp³-hybridized carbons (Fsp3) is 0.763. The third-order valence-electron chi connectivity index (χ3n) is 18.1. The summed E-state index contributed by atoms with van der Waals surface area (Å²) in [5.41, 5.74) is -3.66. The van der Waals surface area contributed by atoms with Gasteiger partial charge >= 0.3 is 0 Å². The SMILES string of the molecule is C[C@@H]1O[C@@H](O[C@H]2C[C@@](C)(O)[C@H](O[C@H]3C[C@H](N(C)C)[C@H](O[C@H]4CC[C@H](O[C@H]5CC[C@H](O)[C@H](C)O5)[C@H](C)O4)[C@H](C)O3)c3c(O)c4c(c(O)c32)C(=O)c2c(O)cccc2C4=O)C[C@H](N(C)C)[C@@H]1O[C@H]1CC[C@H](O[C@H]2CC[C@H](O)[C@H](C)O2)[C@H](C)O1. The zero-order valence-electron chi connectivity index (χ0n) is 48.5. The van der Waals surface area contributed by atoms with Gasteiger partial charge in [0.2, 0.25) is 5.78 Å². The number of aliphatic hydroxyl groups is 3. The maximum atomic E-state index is 14.5. The van der Waals surface area contributed by atoms with Gasteiger partial charge in [0.15, 0.2) is 43.5 Å². The van der Waals surface area contributed by atoms with E-state index < -0.39 is 132 Å². The lowest BCUT2D eigenvalue weighted by atomic mass is 9.72. The summed E-state index contributed by atoms with van der Waals surface area (Å²) in [7, 11) is 7.66. The standard InChI is InChI=1S/C59H86N2O20/c1-26-35(62)15-19-41(70-26)76-38-17-21-43(72-28(38)3)79-56-30(5)74-45(23-33(56)60(8)9)78-40-25-59(7,69)58(51-48(40)54(67)50-49(55(51)68)52(65)32-13-12-14-37(64)47(32)53(50)66)81-46-24-34(61(10)11)57(31(6)75-46)80-44-22-18-39(29(4)73-44)77-42-20-16-36(63)27(2)71-42/h12-14,26-31,33-36,38-46,56-58,62-64,67-69H,15-25H2,1-11H3/t26-,27-,28-,29-,30-,31-,33-,34-,35-,36-,38-,39-,40-,41-,42-,43-,44-,45-,46-,56+,57+,58+,59+/m0/s1. The van der Waals surface area contributed by atoms with Crippen LogP contribution in [0, 0.1) is 0 Å². The molecule has 6 saturated heterocycles. The van der Waals surface area contributed by atoms with Crippen LogP contribution in [-0.2, 0) is 56.8 Å². The first-order valence-corrected chi connectivity index (χ1v) is 29.2. The molecule has 0 aromatic heterocycles. The van der Waals surface area contributed by atoms with Gasteiger partial charge in [-0.25, -0.2) is 0 Å². The molecular formula is C59H86N2O20. The van der Waals surface area contributed by atoms with Gasteiger partial charge in [-0.1, -0.05) is 12.1 Å². The van der Waals surface area contributed by atoms with Gasteiger partial charge in [-0.05, 0) is 108 Å². The number of hydrogen-bond donors (Lipinski definition) is 6. The van der Waals surface area contributed by atoms with Gasteiger partial charge in [0.25, 0.3) is 0 Å². The minimum Gasteiger partial charge on any atom is -0.507 e. The number of aliphatic hydroxyl groups excluding tert-OH is 2. The van der Waals surface area contributed by atoms with E-state index in [1.54, 1.807) is 0 Å². The largest absolute Gasteiger partial charge is 0.507 e. The Morgan fingerprint density at radius 1 is 0.506 bits per heavy atom. The number of ether oxygens (including phenoxy) is 12. The normalized spacial score (nSPS) is 42.1. The molecule has 6 aliphatic heterocycles. The summed E-state index contributed by atoms with van der Waals surface area (Å²) in [5, 5.41) is 69.2. The predicted octanol–water partition coefficient (Wildman–Crippen LogP) is 5.34. The van der Waals surface area contributed by atoms with Gasteiger partial charge in [-0.2, -0.15) is 0 Å². The summed E-state index contributed by atoms with van der Waals surface area (Å²) in [5.74, 6) is -3.55. The number of carbonyl (C=O) groups excluding carboxylic acids is 2.